The van der Waals surface area contributed by atoms with Gasteiger partial charge in [-0.1, -0.05) is 18.2 Å². The van der Waals surface area contributed by atoms with Crippen LogP contribution in [0.15, 0.2) is 29.4 Å². The Kier molecular flexibility index (Phi) is 2.65. The molecule has 0 bridgehead atoms. The van der Waals surface area contributed by atoms with Gasteiger partial charge in [0, 0.05) is 18.0 Å². The van der Waals surface area contributed by atoms with Crippen molar-refractivity contribution in [3.63, 3.8) is 0 Å². The Hall–Kier alpha value is -1.55. The average molecular weight is 190 g/mol. The van der Waals surface area contributed by atoms with Crippen molar-refractivity contribution in [3.05, 3.63) is 34.8 Å². The monoisotopic (exact) mass is 190 g/mol. The molecule has 0 amide bonds. The fourth-order valence-corrected chi connectivity index (χ4v) is 1.39. The van der Waals surface area contributed by atoms with Gasteiger partial charge in [0.1, 0.15) is 0 Å². The number of rotatable bonds is 3. The fraction of sp³-hybridized carbons (Fsp3) is 0.300. The molecular weight excluding hydrogens is 176 g/mol. The molecule has 0 radical (unpaired) electrons. The SMILES string of the molecule is NCCCN1C=c2ccccc2=NN1. The van der Waals surface area contributed by atoms with Gasteiger partial charge in [0.15, 0.2) is 0 Å². The molecule has 0 aromatic heterocycles. The molecule has 2 rings (SSSR count). The molecule has 0 atom stereocenters. The van der Waals surface area contributed by atoms with Crippen LogP contribution in [0.5, 0.6) is 0 Å². The Labute approximate surface area is 82.7 Å². The number of hydrogen-bond acceptors (Lipinski definition) is 4. The van der Waals surface area contributed by atoms with Gasteiger partial charge >= 0.3 is 0 Å². The molecule has 1 aliphatic heterocycles. The summed E-state index contributed by atoms with van der Waals surface area (Å²) in [6.07, 6.45) is 3.01. The highest BCUT2D eigenvalue weighted by molar-refractivity contribution is 5.22. The summed E-state index contributed by atoms with van der Waals surface area (Å²) in [6.45, 7) is 1.59. The van der Waals surface area contributed by atoms with E-state index in [1.54, 1.807) is 0 Å². The fourth-order valence-electron chi connectivity index (χ4n) is 1.39. The Morgan fingerprint density at radius 1 is 1.36 bits per heavy atom. The lowest BCUT2D eigenvalue weighted by Gasteiger charge is -2.20. The van der Waals surface area contributed by atoms with Crippen LogP contribution in [0.2, 0.25) is 0 Å². The van der Waals surface area contributed by atoms with Crippen LogP contribution in [0.4, 0.5) is 0 Å². The minimum atomic E-state index is 0.702. The van der Waals surface area contributed by atoms with Gasteiger partial charge in [-0.3, -0.25) is 5.01 Å². The lowest BCUT2D eigenvalue weighted by atomic mass is 10.3. The quantitative estimate of drug-likeness (QED) is 0.651. The number of fused-ring (bicyclic) bond motifs is 1. The van der Waals surface area contributed by atoms with Gasteiger partial charge in [-0.05, 0) is 19.0 Å². The predicted octanol–water partition coefficient (Wildman–Crippen LogP) is -0.872. The summed E-state index contributed by atoms with van der Waals surface area (Å²) in [4.78, 5) is 0. The molecule has 0 saturated heterocycles. The highest BCUT2D eigenvalue weighted by Gasteiger charge is 2.00. The predicted molar refractivity (Wildman–Crippen MR) is 55.2 cm³/mol. The van der Waals surface area contributed by atoms with E-state index in [0.717, 1.165) is 23.5 Å². The van der Waals surface area contributed by atoms with E-state index in [4.69, 9.17) is 5.73 Å². The summed E-state index contributed by atoms with van der Waals surface area (Å²) in [7, 11) is 0. The maximum absolute atomic E-state index is 5.44. The highest BCUT2D eigenvalue weighted by Crippen LogP contribution is 1.89. The molecule has 0 fully saturated rings. The third-order valence-corrected chi connectivity index (χ3v) is 2.13. The van der Waals surface area contributed by atoms with Gasteiger partial charge in [0.25, 0.3) is 0 Å². The van der Waals surface area contributed by atoms with Gasteiger partial charge in [-0.15, -0.1) is 0 Å². The van der Waals surface area contributed by atoms with Crippen molar-refractivity contribution < 1.29 is 0 Å². The lowest BCUT2D eigenvalue weighted by Crippen LogP contribution is -2.43. The standard InChI is InChI=1S/C10H14N4/c11-6-3-7-14-8-9-4-1-2-5-10(9)12-13-14/h1-2,4-5,8,13H,3,6-7,11H2. The van der Waals surface area contributed by atoms with E-state index in [-0.39, 0.29) is 0 Å². The van der Waals surface area contributed by atoms with Crippen LogP contribution < -0.4 is 21.8 Å². The number of nitrogens with two attached hydrogens (primary N) is 1. The molecule has 1 aromatic carbocycles. The average Bonchev–Trinajstić information content (AvgIpc) is 2.26. The van der Waals surface area contributed by atoms with Gasteiger partial charge in [0.05, 0.1) is 5.36 Å². The summed E-state index contributed by atoms with van der Waals surface area (Å²) in [5.74, 6) is 0. The maximum atomic E-state index is 5.44. The summed E-state index contributed by atoms with van der Waals surface area (Å²) in [6, 6.07) is 8.03. The van der Waals surface area contributed by atoms with E-state index >= 15 is 0 Å². The maximum Gasteiger partial charge on any atom is 0.0937 e. The van der Waals surface area contributed by atoms with Crippen LogP contribution in [0.1, 0.15) is 6.42 Å². The van der Waals surface area contributed by atoms with Crippen molar-refractivity contribution >= 4 is 6.20 Å². The summed E-state index contributed by atoms with van der Waals surface area (Å²) in [5.41, 5.74) is 8.40. The number of hydrazine groups is 1. The van der Waals surface area contributed by atoms with Crippen molar-refractivity contribution in [1.29, 1.82) is 0 Å². The van der Waals surface area contributed by atoms with Gasteiger partial charge in [0.2, 0.25) is 0 Å². The molecule has 1 heterocycles. The first-order valence-electron chi connectivity index (χ1n) is 4.77. The first kappa shape index (κ1) is 9.02. The smallest absolute Gasteiger partial charge is 0.0937 e. The highest BCUT2D eigenvalue weighted by atomic mass is 15.6. The number of nitrogens with zero attached hydrogens (tertiary/aromatic N) is 2. The normalized spacial score (nSPS) is 13.6. The Morgan fingerprint density at radius 2 is 2.21 bits per heavy atom. The molecule has 0 saturated carbocycles. The molecular formula is C10H14N4. The van der Waals surface area contributed by atoms with Crippen LogP contribution in [0, 0.1) is 0 Å². The Bertz CT molecular complexity index is 412. The van der Waals surface area contributed by atoms with Crippen LogP contribution >= 0.6 is 0 Å². The van der Waals surface area contributed by atoms with Crippen molar-refractivity contribution in [1.82, 2.24) is 10.5 Å². The van der Waals surface area contributed by atoms with Crippen LogP contribution in [-0.2, 0) is 0 Å². The van der Waals surface area contributed by atoms with Crippen LogP contribution in [-0.4, -0.2) is 18.1 Å². The Balaban J connectivity index is 2.21. The molecule has 14 heavy (non-hydrogen) atoms. The molecule has 4 nitrogen and oxygen atoms in total. The minimum absolute atomic E-state index is 0.702. The van der Waals surface area contributed by atoms with E-state index < -0.39 is 0 Å². The van der Waals surface area contributed by atoms with Gasteiger partial charge < -0.3 is 5.73 Å². The molecule has 3 N–H and O–H groups in total. The topological polar surface area (TPSA) is 53.6 Å². The van der Waals surface area contributed by atoms with E-state index in [1.807, 2.05) is 23.2 Å². The number of nitrogens with one attached hydrogen (secondary N) is 1. The third kappa shape index (κ3) is 1.85. The molecule has 0 unspecified atom stereocenters. The van der Waals surface area contributed by atoms with Gasteiger partial charge in [-0.25, -0.2) is 5.53 Å². The Morgan fingerprint density at radius 3 is 3.07 bits per heavy atom. The van der Waals surface area contributed by atoms with Crippen LogP contribution in [0.3, 0.4) is 0 Å². The minimum Gasteiger partial charge on any atom is -0.330 e. The second-order valence-corrected chi connectivity index (χ2v) is 3.24. The molecule has 1 aliphatic rings. The van der Waals surface area contributed by atoms with Crippen molar-refractivity contribution in [2.75, 3.05) is 13.1 Å². The summed E-state index contributed by atoms with van der Waals surface area (Å²) < 4.78 is 0. The third-order valence-electron chi connectivity index (χ3n) is 2.13. The summed E-state index contributed by atoms with van der Waals surface area (Å²) >= 11 is 0. The number of hydrogen-bond donors (Lipinski definition) is 2. The van der Waals surface area contributed by atoms with Crippen molar-refractivity contribution in [2.24, 2.45) is 10.8 Å². The lowest BCUT2D eigenvalue weighted by molar-refractivity contribution is 0.293. The number of para-hydroxylation sites is 1. The molecule has 74 valence electrons. The van der Waals surface area contributed by atoms with Crippen LogP contribution in [0.25, 0.3) is 6.20 Å². The van der Waals surface area contributed by atoms with Crippen molar-refractivity contribution in [3.8, 4) is 0 Å². The van der Waals surface area contributed by atoms with E-state index in [9.17, 15) is 0 Å². The van der Waals surface area contributed by atoms with Crippen molar-refractivity contribution in [2.45, 2.75) is 6.42 Å². The largest absolute Gasteiger partial charge is 0.330 e. The zero-order valence-corrected chi connectivity index (χ0v) is 7.98. The first-order valence-corrected chi connectivity index (χ1v) is 4.77. The number of benzene rings is 1. The molecule has 0 spiro atoms. The second kappa shape index (κ2) is 4.11. The van der Waals surface area contributed by atoms with E-state index in [2.05, 4.69) is 22.9 Å². The van der Waals surface area contributed by atoms with E-state index in [0.29, 0.717) is 6.54 Å². The first-order chi connectivity index (χ1) is 6.90. The second-order valence-electron chi connectivity index (χ2n) is 3.24. The van der Waals surface area contributed by atoms with E-state index in [1.165, 1.54) is 0 Å². The summed E-state index contributed by atoms with van der Waals surface area (Å²) in [5, 5.41) is 8.31. The molecule has 0 aliphatic carbocycles. The van der Waals surface area contributed by atoms with Gasteiger partial charge in [-0.2, -0.15) is 5.10 Å². The molecule has 4 heteroatoms. The molecule has 1 aromatic rings. The zero-order valence-electron chi connectivity index (χ0n) is 7.98. The zero-order chi connectivity index (χ0) is 9.80.